The number of hydrogen-bond acceptors (Lipinski definition) is 2. The number of benzene rings is 1. The zero-order chi connectivity index (χ0) is 12.7. The summed E-state index contributed by atoms with van der Waals surface area (Å²) in [5.41, 5.74) is 1.87. The SMILES string of the molecule is CN(C)c1ccc(NC(=O)NCCCCl)cc1. The number of nitrogens with zero attached hydrogens (tertiary/aromatic N) is 1. The number of amides is 2. The molecule has 0 aliphatic carbocycles. The van der Waals surface area contributed by atoms with Crippen molar-refractivity contribution in [2.45, 2.75) is 6.42 Å². The number of anilines is 2. The van der Waals surface area contributed by atoms with Crippen LogP contribution in [0.3, 0.4) is 0 Å². The van der Waals surface area contributed by atoms with E-state index in [1.165, 1.54) is 0 Å². The molecular weight excluding hydrogens is 238 g/mol. The lowest BCUT2D eigenvalue weighted by Gasteiger charge is -2.13. The van der Waals surface area contributed by atoms with E-state index < -0.39 is 0 Å². The van der Waals surface area contributed by atoms with Crippen LogP contribution in [0, 0.1) is 0 Å². The van der Waals surface area contributed by atoms with Gasteiger partial charge in [-0.15, -0.1) is 11.6 Å². The Morgan fingerprint density at radius 2 is 1.94 bits per heavy atom. The number of alkyl halides is 1. The number of rotatable bonds is 5. The van der Waals surface area contributed by atoms with E-state index >= 15 is 0 Å². The number of carbonyl (C=O) groups excluding carboxylic acids is 1. The molecule has 0 spiro atoms. The topological polar surface area (TPSA) is 44.4 Å². The molecule has 0 atom stereocenters. The van der Waals surface area contributed by atoms with Crippen molar-refractivity contribution in [1.82, 2.24) is 5.32 Å². The first-order chi connectivity index (χ1) is 8.13. The van der Waals surface area contributed by atoms with Gasteiger partial charge in [0.15, 0.2) is 0 Å². The monoisotopic (exact) mass is 255 g/mol. The lowest BCUT2D eigenvalue weighted by molar-refractivity contribution is 0.252. The van der Waals surface area contributed by atoms with Crippen LogP contribution in [-0.4, -0.2) is 32.6 Å². The molecular formula is C12H18ClN3O. The molecule has 17 heavy (non-hydrogen) atoms. The van der Waals surface area contributed by atoms with Crippen LogP contribution in [-0.2, 0) is 0 Å². The Hall–Kier alpha value is -1.42. The molecule has 0 heterocycles. The van der Waals surface area contributed by atoms with Crippen molar-refractivity contribution in [1.29, 1.82) is 0 Å². The lowest BCUT2D eigenvalue weighted by atomic mass is 10.2. The van der Waals surface area contributed by atoms with E-state index in [4.69, 9.17) is 11.6 Å². The minimum absolute atomic E-state index is 0.201. The van der Waals surface area contributed by atoms with Crippen molar-refractivity contribution in [3.8, 4) is 0 Å². The van der Waals surface area contributed by atoms with Crippen LogP contribution in [0.15, 0.2) is 24.3 Å². The first-order valence-corrected chi connectivity index (χ1v) is 6.05. The molecule has 0 aliphatic heterocycles. The fourth-order valence-electron chi connectivity index (χ4n) is 1.29. The minimum atomic E-state index is -0.201. The molecule has 1 rings (SSSR count). The lowest BCUT2D eigenvalue weighted by Crippen LogP contribution is -2.29. The van der Waals surface area contributed by atoms with Gasteiger partial charge in [0.1, 0.15) is 0 Å². The Kier molecular flexibility index (Phi) is 5.63. The van der Waals surface area contributed by atoms with Crippen molar-refractivity contribution < 1.29 is 4.79 Å². The van der Waals surface area contributed by atoms with Gasteiger partial charge in [0.05, 0.1) is 0 Å². The molecule has 1 aromatic carbocycles. The van der Waals surface area contributed by atoms with Crippen LogP contribution in [0.1, 0.15) is 6.42 Å². The van der Waals surface area contributed by atoms with E-state index in [0.717, 1.165) is 17.8 Å². The van der Waals surface area contributed by atoms with Gasteiger partial charge in [-0.2, -0.15) is 0 Å². The summed E-state index contributed by atoms with van der Waals surface area (Å²) < 4.78 is 0. The predicted octanol–water partition coefficient (Wildman–Crippen LogP) is 2.50. The highest BCUT2D eigenvalue weighted by Crippen LogP contribution is 2.15. The summed E-state index contributed by atoms with van der Waals surface area (Å²) >= 11 is 5.52. The molecule has 0 bridgehead atoms. The minimum Gasteiger partial charge on any atom is -0.378 e. The average Bonchev–Trinajstić information content (AvgIpc) is 2.30. The Morgan fingerprint density at radius 1 is 1.29 bits per heavy atom. The Labute approximate surface area is 107 Å². The van der Waals surface area contributed by atoms with Gasteiger partial charge in [-0.25, -0.2) is 4.79 Å². The molecule has 94 valence electrons. The Bertz CT molecular complexity index is 351. The number of carbonyl (C=O) groups is 1. The van der Waals surface area contributed by atoms with Crippen molar-refractivity contribution in [3.63, 3.8) is 0 Å². The number of nitrogens with one attached hydrogen (secondary N) is 2. The van der Waals surface area contributed by atoms with E-state index in [2.05, 4.69) is 10.6 Å². The summed E-state index contributed by atoms with van der Waals surface area (Å²) in [6, 6.07) is 7.45. The molecule has 4 nitrogen and oxygen atoms in total. The van der Waals surface area contributed by atoms with Gasteiger partial charge < -0.3 is 15.5 Å². The fraction of sp³-hybridized carbons (Fsp3) is 0.417. The van der Waals surface area contributed by atoms with Gasteiger partial charge in [-0.05, 0) is 30.7 Å². The van der Waals surface area contributed by atoms with Crippen LogP contribution in [0.4, 0.5) is 16.2 Å². The molecule has 5 heteroatoms. The Balaban J connectivity index is 2.43. The van der Waals surface area contributed by atoms with Gasteiger partial charge in [0.25, 0.3) is 0 Å². The van der Waals surface area contributed by atoms with Crippen LogP contribution >= 0.6 is 11.6 Å². The third kappa shape index (κ3) is 4.95. The van der Waals surface area contributed by atoms with E-state index in [1.807, 2.05) is 43.3 Å². The number of hydrogen-bond donors (Lipinski definition) is 2. The van der Waals surface area contributed by atoms with Crippen molar-refractivity contribution in [2.75, 3.05) is 36.7 Å². The van der Waals surface area contributed by atoms with Gasteiger partial charge in [0, 0.05) is 37.9 Å². The van der Waals surface area contributed by atoms with E-state index in [-0.39, 0.29) is 6.03 Å². The highest BCUT2D eigenvalue weighted by Gasteiger charge is 2.01. The second-order valence-electron chi connectivity index (χ2n) is 3.86. The second kappa shape index (κ2) is 7.01. The number of halogens is 1. The largest absolute Gasteiger partial charge is 0.378 e. The first kappa shape index (κ1) is 13.6. The molecule has 2 N–H and O–H groups in total. The van der Waals surface area contributed by atoms with Crippen LogP contribution in [0.25, 0.3) is 0 Å². The van der Waals surface area contributed by atoms with E-state index in [0.29, 0.717) is 12.4 Å². The molecule has 0 fully saturated rings. The Morgan fingerprint density at radius 3 is 2.47 bits per heavy atom. The van der Waals surface area contributed by atoms with E-state index in [9.17, 15) is 4.79 Å². The van der Waals surface area contributed by atoms with Crippen molar-refractivity contribution in [3.05, 3.63) is 24.3 Å². The summed E-state index contributed by atoms with van der Waals surface area (Å²) in [4.78, 5) is 13.4. The maximum absolute atomic E-state index is 11.4. The smallest absolute Gasteiger partial charge is 0.319 e. The third-order valence-electron chi connectivity index (χ3n) is 2.24. The van der Waals surface area contributed by atoms with Crippen LogP contribution in [0.5, 0.6) is 0 Å². The maximum atomic E-state index is 11.4. The highest BCUT2D eigenvalue weighted by molar-refractivity contribution is 6.17. The molecule has 0 radical (unpaired) electrons. The predicted molar refractivity (Wildman–Crippen MR) is 73.1 cm³/mol. The molecule has 2 amide bonds. The normalized spacial score (nSPS) is 9.82. The molecule has 0 saturated carbocycles. The zero-order valence-electron chi connectivity index (χ0n) is 10.2. The summed E-state index contributed by atoms with van der Waals surface area (Å²) in [5.74, 6) is 0.553. The molecule has 0 saturated heterocycles. The standard InChI is InChI=1S/C12H18ClN3O/c1-16(2)11-6-4-10(5-7-11)15-12(17)14-9-3-8-13/h4-7H,3,8-9H2,1-2H3,(H2,14,15,17). The van der Waals surface area contributed by atoms with Gasteiger partial charge in [-0.1, -0.05) is 0 Å². The number of urea groups is 1. The summed E-state index contributed by atoms with van der Waals surface area (Å²) in [6.07, 6.45) is 0.772. The zero-order valence-corrected chi connectivity index (χ0v) is 10.9. The second-order valence-corrected chi connectivity index (χ2v) is 4.24. The third-order valence-corrected chi connectivity index (χ3v) is 2.50. The summed E-state index contributed by atoms with van der Waals surface area (Å²) in [7, 11) is 3.95. The summed E-state index contributed by atoms with van der Waals surface area (Å²) in [6.45, 7) is 0.588. The van der Waals surface area contributed by atoms with E-state index in [1.54, 1.807) is 0 Å². The average molecular weight is 256 g/mol. The van der Waals surface area contributed by atoms with Crippen LogP contribution in [0.2, 0.25) is 0 Å². The maximum Gasteiger partial charge on any atom is 0.319 e. The molecule has 1 aromatic rings. The molecule has 0 aromatic heterocycles. The highest BCUT2D eigenvalue weighted by atomic mass is 35.5. The molecule has 0 unspecified atom stereocenters. The van der Waals surface area contributed by atoms with Gasteiger partial charge >= 0.3 is 6.03 Å². The quantitative estimate of drug-likeness (QED) is 0.627. The first-order valence-electron chi connectivity index (χ1n) is 5.51. The van der Waals surface area contributed by atoms with Crippen molar-refractivity contribution in [2.24, 2.45) is 0 Å². The summed E-state index contributed by atoms with van der Waals surface area (Å²) in [5, 5.41) is 5.48. The fourth-order valence-corrected chi connectivity index (χ4v) is 1.42. The molecule has 0 aliphatic rings. The van der Waals surface area contributed by atoms with Crippen LogP contribution < -0.4 is 15.5 Å². The van der Waals surface area contributed by atoms with Crippen molar-refractivity contribution >= 4 is 29.0 Å². The van der Waals surface area contributed by atoms with Gasteiger partial charge in [-0.3, -0.25) is 0 Å². The van der Waals surface area contributed by atoms with Gasteiger partial charge in [0.2, 0.25) is 0 Å².